The fraction of sp³-hybridized carbons (Fsp3) is 0.292. The highest BCUT2D eigenvalue weighted by Crippen LogP contribution is 2.30. The van der Waals surface area contributed by atoms with Gasteiger partial charge in [0.05, 0.1) is 13.0 Å². The maximum absolute atomic E-state index is 12.3. The third kappa shape index (κ3) is 4.76. The van der Waals surface area contributed by atoms with Gasteiger partial charge in [0.2, 0.25) is 5.90 Å². The number of ether oxygens (including phenoxy) is 3. The van der Waals surface area contributed by atoms with Gasteiger partial charge >= 0.3 is 11.9 Å². The summed E-state index contributed by atoms with van der Waals surface area (Å²) in [6.07, 6.45) is 1.61. The summed E-state index contributed by atoms with van der Waals surface area (Å²) < 4.78 is 16.0. The van der Waals surface area contributed by atoms with E-state index >= 15 is 0 Å². The van der Waals surface area contributed by atoms with Gasteiger partial charge in [-0.25, -0.2) is 9.79 Å². The van der Waals surface area contributed by atoms with Crippen molar-refractivity contribution < 1.29 is 23.8 Å². The van der Waals surface area contributed by atoms with Crippen LogP contribution < -0.4 is 9.47 Å². The molecule has 2 aromatic rings. The van der Waals surface area contributed by atoms with Crippen LogP contribution in [0, 0.1) is 5.92 Å². The quantitative estimate of drug-likeness (QED) is 0.393. The van der Waals surface area contributed by atoms with E-state index < -0.39 is 5.97 Å². The molecular formula is C24H25NO5. The molecule has 6 nitrogen and oxygen atoms in total. The zero-order chi connectivity index (χ0) is 21.8. The van der Waals surface area contributed by atoms with Crippen LogP contribution in [0.15, 0.2) is 53.2 Å². The molecule has 0 spiro atoms. The predicted molar refractivity (Wildman–Crippen MR) is 115 cm³/mol. The summed E-state index contributed by atoms with van der Waals surface area (Å²) >= 11 is 0. The molecule has 0 bridgehead atoms. The smallest absolute Gasteiger partial charge is 0.363 e. The highest BCUT2D eigenvalue weighted by Gasteiger charge is 2.24. The van der Waals surface area contributed by atoms with Crippen LogP contribution in [0.2, 0.25) is 0 Å². The largest absolute Gasteiger partial charge is 0.493 e. The van der Waals surface area contributed by atoms with Crippen LogP contribution in [-0.4, -0.2) is 24.9 Å². The molecule has 2 aromatic carbocycles. The molecule has 30 heavy (non-hydrogen) atoms. The van der Waals surface area contributed by atoms with Gasteiger partial charge in [0.25, 0.3) is 0 Å². The molecule has 0 unspecified atom stereocenters. The van der Waals surface area contributed by atoms with Gasteiger partial charge in [-0.3, -0.25) is 4.79 Å². The standard InChI is InChI=1S/C24H25NO5/c1-14(2)17-7-9-18(10-8-17)22-25-19(24(27)30-22)12-16-6-11-20(21(13-16)28-5)29-23(26)15(3)4/h6-15H,1-5H3/b19-12-. The molecule has 0 atom stereocenters. The first kappa shape index (κ1) is 21.3. The van der Waals surface area contributed by atoms with E-state index in [1.807, 2.05) is 24.3 Å². The molecule has 0 N–H and O–H groups in total. The van der Waals surface area contributed by atoms with Crippen molar-refractivity contribution in [2.24, 2.45) is 10.9 Å². The molecule has 0 fully saturated rings. The minimum absolute atomic E-state index is 0.187. The molecule has 156 valence electrons. The van der Waals surface area contributed by atoms with Crippen molar-refractivity contribution in [1.29, 1.82) is 0 Å². The summed E-state index contributed by atoms with van der Waals surface area (Å²) in [5.41, 5.74) is 2.80. The van der Waals surface area contributed by atoms with Crippen LogP contribution in [0.4, 0.5) is 0 Å². The maximum Gasteiger partial charge on any atom is 0.363 e. The van der Waals surface area contributed by atoms with Gasteiger partial charge in [-0.1, -0.05) is 45.9 Å². The van der Waals surface area contributed by atoms with Gasteiger partial charge in [0.1, 0.15) is 0 Å². The number of cyclic esters (lactones) is 1. The van der Waals surface area contributed by atoms with E-state index in [-0.39, 0.29) is 23.5 Å². The van der Waals surface area contributed by atoms with E-state index in [4.69, 9.17) is 14.2 Å². The third-order valence-corrected chi connectivity index (χ3v) is 4.62. The SMILES string of the molecule is COc1cc(/C=C2\N=C(c3ccc(C(C)C)cc3)OC2=O)ccc1OC(=O)C(C)C. The Kier molecular flexibility index (Phi) is 6.35. The number of esters is 2. The van der Waals surface area contributed by atoms with Crippen molar-refractivity contribution in [3.8, 4) is 11.5 Å². The van der Waals surface area contributed by atoms with Crippen molar-refractivity contribution in [2.75, 3.05) is 7.11 Å². The summed E-state index contributed by atoms with van der Waals surface area (Å²) in [7, 11) is 1.49. The minimum atomic E-state index is -0.521. The molecule has 1 aliphatic heterocycles. The van der Waals surface area contributed by atoms with Gasteiger partial charge < -0.3 is 14.2 Å². The van der Waals surface area contributed by atoms with Crippen LogP contribution in [-0.2, 0) is 14.3 Å². The summed E-state index contributed by atoms with van der Waals surface area (Å²) in [6, 6.07) is 12.8. The number of carbonyl (C=O) groups excluding carboxylic acids is 2. The maximum atomic E-state index is 12.3. The van der Waals surface area contributed by atoms with Crippen LogP contribution in [0.1, 0.15) is 50.3 Å². The van der Waals surface area contributed by atoms with Crippen molar-refractivity contribution >= 4 is 23.9 Å². The topological polar surface area (TPSA) is 74.2 Å². The molecule has 1 aliphatic rings. The van der Waals surface area contributed by atoms with Crippen LogP contribution in [0.3, 0.4) is 0 Å². The number of rotatable bonds is 6. The Balaban J connectivity index is 1.85. The van der Waals surface area contributed by atoms with Crippen molar-refractivity contribution in [1.82, 2.24) is 0 Å². The number of nitrogens with zero attached hydrogens (tertiary/aromatic N) is 1. The van der Waals surface area contributed by atoms with Gasteiger partial charge in [0, 0.05) is 5.56 Å². The van der Waals surface area contributed by atoms with Gasteiger partial charge in [-0.2, -0.15) is 0 Å². The van der Waals surface area contributed by atoms with E-state index in [2.05, 4.69) is 18.8 Å². The van der Waals surface area contributed by atoms with Crippen LogP contribution in [0.5, 0.6) is 11.5 Å². The number of methoxy groups -OCH3 is 1. The Morgan fingerprint density at radius 1 is 1.03 bits per heavy atom. The van der Waals surface area contributed by atoms with E-state index in [0.717, 1.165) is 5.56 Å². The van der Waals surface area contributed by atoms with E-state index in [1.165, 1.54) is 12.7 Å². The molecule has 0 aromatic heterocycles. The Bertz CT molecular complexity index is 1020. The van der Waals surface area contributed by atoms with Crippen molar-refractivity contribution in [3.63, 3.8) is 0 Å². The Hall–Kier alpha value is -3.41. The molecule has 0 aliphatic carbocycles. The van der Waals surface area contributed by atoms with E-state index in [1.54, 1.807) is 38.1 Å². The molecule has 6 heteroatoms. The highest BCUT2D eigenvalue weighted by molar-refractivity contribution is 6.12. The fourth-order valence-electron chi connectivity index (χ4n) is 2.79. The number of hydrogen-bond donors (Lipinski definition) is 0. The molecule has 3 rings (SSSR count). The fourth-order valence-corrected chi connectivity index (χ4v) is 2.79. The summed E-state index contributed by atoms with van der Waals surface area (Å²) in [6.45, 7) is 7.75. The summed E-state index contributed by atoms with van der Waals surface area (Å²) in [5.74, 6) is 0.271. The van der Waals surface area contributed by atoms with Crippen molar-refractivity contribution in [2.45, 2.75) is 33.6 Å². The first-order chi connectivity index (χ1) is 14.3. The average Bonchev–Trinajstić information content (AvgIpc) is 3.09. The van der Waals surface area contributed by atoms with Gasteiger partial charge in [-0.15, -0.1) is 0 Å². The molecule has 0 saturated heterocycles. The normalized spacial score (nSPS) is 14.8. The predicted octanol–water partition coefficient (Wildman–Crippen LogP) is 4.72. The lowest BCUT2D eigenvalue weighted by Crippen LogP contribution is -2.15. The second-order valence-electron chi connectivity index (χ2n) is 7.60. The van der Waals surface area contributed by atoms with Gasteiger partial charge in [-0.05, 0) is 47.4 Å². The number of carbonyl (C=O) groups is 2. The molecule has 0 saturated carbocycles. The summed E-state index contributed by atoms with van der Waals surface area (Å²) in [5, 5.41) is 0. The Labute approximate surface area is 176 Å². The molecular weight excluding hydrogens is 382 g/mol. The average molecular weight is 407 g/mol. The lowest BCUT2D eigenvalue weighted by molar-refractivity contribution is -0.137. The van der Waals surface area contributed by atoms with Crippen molar-refractivity contribution in [3.05, 3.63) is 64.9 Å². The Morgan fingerprint density at radius 2 is 1.73 bits per heavy atom. The lowest BCUT2D eigenvalue weighted by atomic mass is 10.0. The minimum Gasteiger partial charge on any atom is -0.493 e. The van der Waals surface area contributed by atoms with Gasteiger partial charge in [0.15, 0.2) is 17.2 Å². The van der Waals surface area contributed by atoms with E-state index in [0.29, 0.717) is 23.0 Å². The molecule has 1 heterocycles. The third-order valence-electron chi connectivity index (χ3n) is 4.62. The zero-order valence-electron chi connectivity index (χ0n) is 17.8. The van der Waals surface area contributed by atoms with Crippen LogP contribution >= 0.6 is 0 Å². The monoisotopic (exact) mass is 407 g/mol. The second kappa shape index (κ2) is 8.95. The second-order valence-corrected chi connectivity index (χ2v) is 7.60. The first-order valence-corrected chi connectivity index (χ1v) is 9.81. The first-order valence-electron chi connectivity index (χ1n) is 9.81. The van der Waals surface area contributed by atoms with E-state index in [9.17, 15) is 9.59 Å². The lowest BCUT2D eigenvalue weighted by Gasteiger charge is -2.11. The molecule has 0 amide bonds. The number of aliphatic imine (C=N–C) groups is 1. The highest BCUT2D eigenvalue weighted by atomic mass is 16.6. The molecule has 0 radical (unpaired) electrons. The van der Waals surface area contributed by atoms with Crippen LogP contribution in [0.25, 0.3) is 6.08 Å². The Morgan fingerprint density at radius 3 is 2.33 bits per heavy atom. The zero-order valence-corrected chi connectivity index (χ0v) is 17.8. The number of hydrogen-bond acceptors (Lipinski definition) is 6. The summed E-state index contributed by atoms with van der Waals surface area (Å²) in [4.78, 5) is 28.5. The number of benzene rings is 2.